The number of unbranched alkanes of at least 4 members (excludes halogenated alkanes) is 1. The van der Waals surface area contributed by atoms with E-state index in [2.05, 4.69) is 64.4 Å². The van der Waals surface area contributed by atoms with Gasteiger partial charge in [0.2, 0.25) is 0 Å². The van der Waals surface area contributed by atoms with E-state index in [1.807, 2.05) is 12.1 Å². The molecule has 1 heterocycles. The van der Waals surface area contributed by atoms with Gasteiger partial charge in [-0.3, -0.25) is 0 Å². The molecule has 0 radical (unpaired) electrons. The molecule has 0 bridgehead atoms. The molecule has 1 aliphatic rings. The molecule has 4 heteroatoms. The molecule has 156 valence electrons. The molecule has 1 saturated heterocycles. The largest absolute Gasteiger partial charge is 0.493 e. The van der Waals surface area contributed by atoms with Gasteiger partial charge in [-0.15, -0.1) is 0 Å². The lowest BCUT2D eigenvalue weighted by Crippen LogP contribution is -2.46. The molecule has 1 fully saturated rings. The van der Waals surface area contributed by atoms with E-state index >= 15 is 0 Å². The van der Waals surface area contributed by atoms with Gasteiger partial charge in [0.25, 0.3) is 0 Å². The highest BCUT2D eigenvalue weighted by Gasteiger charge is 2.15. The Morgan fingerprint density at radius 1 is 0.793 bits per heavy atom. The smallest absolute Gasteiger partial charge is 0.127 e. The third kappa shape index (κ3) is 7.65. The number of benzene rings is 2. The van der Waals surface area contributed by atoms with Crippen LogP contribution in [-0.2, 0) is 4.74 Å². The molecule has 2 aromatic rings. The Labute approximate surface area is 175 Å². The monoisotopic (exact) mass is 394 g/mol. The third-order valence-corrected chi connectivity index (χ3v) is 5.38. The molecule has 4 nitrogen and oxygen atoms in total. The Kier molecular flexibility index (Phi) is 9.24. The maximum Gasteiger partial charge on any atom is 0.127 e. The van der Waals surface area contributed by atoms with Crippen molar-refractivity contribution in [2.24, 2.45) is 0 Å². The summed E-state index contributed by atoms with van der Waals surface area (Å²) in [6.07, 6.45) is 5.23. The zero-order valence-electron chi connectivity index (χ0n) is 17.4. The lowest BCUT2D eigenvalue weighted by Gasteiger charge is -2.34. The quantitative estimate of drug-likeness (QED) is 0.355. The normalized spacial score (nSPS) is 16.1. The molecule has 0 spiro atoms. The second-order valence-electron chi connectivity index (χ2n) is 7.60. The molecule has 1 N–H and O–H groups in total. The first-order valence-electron chi connectivity index (χ1n) is 10.9. The van der Waals surface area contributed by atoms with Gasteiger partial charge in [-0.05, 0) is 37.4 Å². The van der Waals surface area contributed by atoms with Crippen molar-refractivity contribution in [2.75, 3.05) is 52.5 Å². The number of hydrogen-bond donors (Lipinski definition) is 1. The van der Waals surface area contributed by atoms with Crippen molar-refractivity contribution >= 4 is 11.8 Å². The predicted molar refractivity (Wildman–Crippen MR) is 121 cm³/mol. The molecular formula is C25H34N2O2. The molecule has 0 saturated carbocycles. The summed E-state index contributed by atoms with van der Waals surface area (Å²) in [6, 6.07) is 20.7. The first-order chi connectivity index (χ1) is 14.3. The molecule has 0 aliphatic carbocycles. The van der Waals surface area contributed by atoms with Gasteiger partial charge in [0.1, 0.15) is 5.76 Å². The van der Waals surface area contributed by atoms with E-state index < -0.39 is 0 Å². The van der Waals surface area contributed by atoms with Crippen LogP contribution in [0.25, 0.3) is 11.8 Å². The van der Waals surface area contributed by atoms with Crippen molar-refractivity contribution < 1.29 is 9.84 Å². The molecule has 2 aromatic carbocycles. The maximum atomic E-state index is 8.96. The highest BCUT2D eigenvalue weighted by Crippen LogP contribution is 2.20. The van der Waals surface area contributed by atoms with Gasteiger partial charge in [-0.25, -0.2) is 0 Å². The van der Waals surface area contributed by atoms with Gasteiger partial charge in [-0.2, -0.15) is 0 Å². The van der Waals surface area contributed by atoms with Gasteiger partial charge in [-0.1, -0.05) is 60.7 Å². The van der Waals surface area contributed by atoms with Crippen LogP contribution < -0.4 is 0 Å². The molecule has 3 rings (SSSR count). The summed E-state index contributed by atoms with van der Waals surface area (Å²) in [6.45, 7) is 7.70. The van der Waals surface area contributed by atoms with E-state index in [9.17, 15) is 0 Å². The Bertz CT molecular complexity index is 710. The fourth-order valence-corrected chi connectivity index (χ4v) is 3.66. The number of aliphatic hydroxyl groups excluding tert-OH is 1. The van der Waals surface area contributed by atoms with E-state index in [4.69, 9.17) is 9.84 Å². The van der Waals surface area contributed by atoms with Crippen molar-refractivity contribution in [3.63, 3.8) is 0 Å². The van der Waals surface area contributed by atoms with E-state index in [0.29, 0.717) is 6.61 Å². The zero-order valence-corrected chi connectivity index (χ0v) is 17.4. The zero-order chi connectivity index (χ0) is 20.2. The number of rotatable bonds is 11. The summed E-state index contributed by atoms with van der Waals surface area (Å²) >= 11 is 0. The molecule has 29 heavy (non-hydrogen) atoms. The fourth-order valence-electron chi connectivity index (χ4n) is 3.66. The van der Waals surface area contributed by atoms with Crippen LogP contribution in [0.15, 0.2) is 60.7 Å². The average molecular weight is 395 g/mol. The minimum Gasteiger partial charge on any atom is -0.493 e. The summed E-state index contributed by atoms with van der Waals surface area (Å²) in [7, 11) is 0. The summed E-state index contributed by atoms with van der Waals surface area (Å²) in [5.41, 5.74) is 2.28. The maximum absolute atomic E-state index is 8.96. The van der Waals surface area contributed by atoms with E-state index in [1.165, 1.54) is 0 Å². The van der Waals surface area contributed by atoms with Crippen LogP contribution in [0.5, 0.6) is 0 Å². The van der Waals surface area contributed by atoms with Crippen LogP contribution in [0.1, 0.15) is 30.4 Å². The van der Waals surface area contributed by atoms with Gasteiger partial charge < -0.3 is 19.6 Å². The van der Waals surface area contributed by atoms with Crippen molar-refractivity contribution in [1.29, 1.82) is 0 Å². The van der Waals surface area contributed by atoms with E-state index in [1.54, 1.807) is 0 Å². The lowest BCUT2D eigenvalue weighted by atomic mass is 10.1. The first kappa shape index (κ1) is 21.6. The van der Waals surface area contributed by atoms with E-state index in [-0.39, 0.29) is 0 Å². The fraction of sp³-hybridized carbons (Fsp3) is 0.440. The summed E-state index contributed by atoms with van der Waals surface area (Å²) in [4.78, 5) is 5.00. The molecular weight excluding hydrogens is 360 g/mol. The van der Waals surface area contributed by atoms with Crippen LogP contribution in [0.2, 0.25) is 0 Å². The van der Waals surface area contributed by atoms with Gasteiger partial charge >= 0.3 is 0 Å². The number of hydrogen-bond acceptors (Lipinski definition) is 4. The molecule has 0 aromatic heterocycles. The topological polar surface area (TPSA) is 35.9 Å². The number of ether oxygens (including phenoxy) is 1. The van der Waals surface area contributed by atoms with Gasteiger partial charge in [0.05, 0.1) is 6.61 Å². The Hall–Kier alpha value is -2.14. The highest BCUT2D eigenvalue weighted by atomic mass is 16.5. The number of piperazine rings is 1. The molecule has 0 atom stereocenters. The lowest BCUT2D eigenvalue weighted by molar-refractivity contribution is 0.121. The highest BCUT2D eigenvalue weighted by molar-refractivity contribution is 5.77. The second-order valence-corrected chi connectivity index (χ2v) is 7.60. The van der Waals surface area contributed by atoms with Crippen molar-refractivity contribution in [3.05, 3.63) is 71.8 Å². The summed E-state index contributed by atoms with van der Waals surface area (Å²) in [5, 5.41) is 8.96. The van der Waals surface area contributed by atoms with Crippen molar-refractivity contribution in [3.8, 4) is 0 Å². The number of nitrogens with zero attached hydrogens (tertiary/aromatic N) is 2. The van der Waals surface area contributed by atoms with Gasteiger partial charge in [0, 0.05) is 44.9 Å². The summed E-state index contributed by atoms with van der Waals surface area (Å²) < 4.78 is 6.19. The van der Waals surface area contributed by atoms with Crippen molar-refractivity contribution in [1.82, 2.24) is 9.80 Å². The predicted octanol–water partition coefficient (Wildman–Crippen LogP) is 3.98. The van der Waals surface area contributed by atoms with Crippen LogP contribution >= 0.6 is 0 Å². The van der Waals surface area contributed by atoms with Gasteiger partial charge in [0.15, 0.2) is 0 Å². The average Bonchev–Trinajstić information content (AvgIpc) is 2.79. The minimum atomic E-state index is 0.296. The van der Waals surface area contributed by atoms with E-state index in [0.717, 1.165) is 82.0 Å². The first-order valence-corrected chi connectivity index (χ1v) is 10.9. The van der Waals surface area contributed by atoms with Crippen LogP contribution in [0, 0.1) is 0 Å². The van der Waals surface area contributed by atoms with Crippen molar-refractivity contribution in [2.45, 2.75) is 19.3 Å². The molecule has 1 aliphatic heterocycles. The Morgan fingerprint density at radius 2 is 1.38 bits per heavy atom. The Morgan fingerprint density at radius 3 is 2.00 bits per heavy atom. The third-order valence-electron chi connectivity index (χ3n) is 5.38. The van der Waals surface area contributed by atoms with Crippen LogP contribution in [-0.4, -0.2) is 67.4 Å². The Balaban J connectivity index is 1.41. The molecule has 0 unspecified atom stereocenters. The summed E-state index contributed by atoms with van der Waals surface area (Å²) in [5.74, 6) is 0.939. The van der Waals surface area contributed by atoms with Crippen LogP contribution in [0.3, 0.4) is 0 Å². The minimum absolute atomic E-state index is 0.296. The SMILES string of the molecule is OCCCN1CCN(CCCCOC(=Cc2ccccc2)c2ccccc2)CC1. The molecule has 0 amide bonds. The second kappa shape index (κ2) is 12.4. The van der Waals surface area contributed by atoms with Crippen LogP contribution in [0.4, 0.5) is 0 Å². The standard InChI is InChI=1S/C25H34N2O2/c28-20-9-15-27-18-16-26(17-19-27)14-7-8-21-29-25(24-12-5-2-6-13-24)22-23-10-3-1-4-11-23/h1-6,10-13,22,28H,7-9,14-21H2. The number of aliphatic hydroxyl groups is 1.